The van der Waals surface area contributed by atoms with Crippen LogP contribution in [0, 0.1) is 6.92 Å². The molecule has 0 aliphatic heterocycles. The summed E-state index contributed by atoms with van der Waals surface area (Å²) in [5, 5.41) is 11.8. The van der Waals surface area contributed by atoms with Crippen LogP contribution < -0.4 is 10.5 Å². The lowest BCUT2D eigenvalue weighted by Gasteiger charge is -2.10. The van der Waals surface area contributed by atoms with Crippen molar-refractivity contribution in [1.29, 1.82) is 0 Å². The quantitative estimate of drug-likeness (QED) is 0.382. The summed E-state index contributed by atoms with van der Waals surface area (Å²) in [7, 11) is 0. The molecule has 0 aromatic heterocycles. The molecule has 0 atom stereocenters. The number of rotatable bonds is 4. The van der Waals surface area contributed by atoms with Gasteiger partial charge >= 0.3 is 0 Å². The van der Waals surface area contributed by atoms with E-state index in [2.05, 4.69) is 5.16 Å². The second kappa shape index (κ2) is 5.91. The molecule has 0 aliphatic carbocycles. The second-order valence-corrected chi connectivity index (χ2v) is 4.24. The average molecular weight is 256 g/mol. The molecule has 2 rings (SSSR count). The van der Waals surface area contributed by atoms with Crippen LogP contribution in [0.15, 0.2) is 53.7 Å². The topological polar surface area (TPSA) is 67.8 Å². The molecule has 0 saturated carbocycles. The second-order valence-electron chi connectivity index (χ2n) is 4.24. The zero-order valence-corrected chi connectivity index (χ0v) is 10.7. The highest BCUT2D eigenvalue weighted by atomic mass is 16.5. The van der Waals surface area contributed by atoms with E-state index >= 15 is 0 Å². The van der Waals surface area contributed by atoms with Gasteiger partial charge in [0.05, 0.1) is 0 Å². The van der Waals surface area contributed by atoms with Crippen LogP contribution in [0.2, 0.25) is 0 Å². The fraction of sp³-hybridized carbons (Fsp3) is 0.133. The van der Waals surface area contributed by atoms with Crippen molar-refractivity contribution in [1.82, 2.24) is 0 Å². The minimum Gasteiger partial charge on any atom is -0.489 e. The van der Waals surface area contributed by atoms with Gasteiger partial charge < -0.3 is 15.7 Å². The number of nitrogens with zero attached hydrogens (tertiary/aromatic N) is 1. The molecule has 4 nitrogen and oxygen atoms in total. The maximum absolute atomic E-state index is 8.75. The highest BCUT2D eigenvalue weighted by molar-refractivity contribution is 5.98. The third kappa shape index (κ3) is 3.25. The van der Waals surface area contributed by atoms with Gasteiger partial charge in [-0.05, 0) is 19.1 Å². The predicted molar refractivity (Wildman–Crippen MR) is 74.5 cm³/mol. The van der Waals surface area contributed by atoms with E-state index in [-0.39, 0.29) is 5.84 Å². The van der Waals surface area contributed by atoms with Crippen molar-refractivity contribution in [2.45, 2.75) is 13.5 Å². The zero-order valence-electron chi connectivity index (χ0n) is 10.7. The van der Waals surface area contributed by atoms with E-state index in [9.17, 15) is 0 Å². The molecule has 0 bridgehead atoms. The molecule has 3 N–H and O–H groups in total. The van der Waals surface area contributed by atoms with Crippen molar-refractivity contribution < 1.29 is 9.94 Å². The van der Waals surface area contributed by atoms with Crippen molar-refractivity contribution in [2.75, 3.05) is 0 Å². The van der Waals surface area contributed by atoms with Gasteiger partial charge in [0.1, 0.15) is 12.4 Å². The zero-order chi connectivity index (χ0) is 13.7. The SMILES string of the molecule is Cc1ccc(OCc2ccccc2/C(N)=N/O)cc1. The van der Waals surface area contributed by atoms with E-state index in [1.54, 1.807) is 6.07 Å². The fourth-order valence-electron chi connectivity index (χ4n) is 1.75. The Bertz CT molecular complexity index is 577. The largest absolute Gasteiger partial charge is 0.489 e. The van der Waals surface area contributed by atoms with Crippen LogP contribution in [-0.4, -0.2) is 11.0 Å². The van der Waals surface area contributed by atoms with Crippen molar-refractivity contribution >= 4 is 5.84 Å². The van der Waals surface area contributed by atoms with E-state index in [0.29, 0.717) is 12.2 Å². The molecule has 2 aromatic carbocycles. The van der Waals surface area contributed by atoms with Crippen molar-refractivity contribution in [3.05, 3.63) is 65.2 Å². The minimum atomic E-state index is 0.0862. The van der Waals surface area contributed by atoms with Gasteiger partial charge in [0.15, 0.2) is 5.84 Å². The van der Waals surface area contributed by atoms with Crippen LogP contribution >= 0.6 is 0 Å². The monoisotopic (exact) mass is 256 g/mol. The molecular formula is C15H16N2O2. The highest BCUT2D eigenvalue weighted by Gasteiger charge is 2.06. The summed E-state index contributed by atoms with van der Waals surface area (Å²) in [5.74, 6) is 0.878. The van der Waals surface area contributed by atoms with Gasteiger partial charge in [-0.2, -0.15) is 0 Å². The smallest absolute Gasteiger partial charge is 0.170 e. The molecule has 2 aromatic rings. The van der Waals surface area contributed by atoms with Crippen LogP contribution in [0.25, 0.3) is 0 Å². The number of ether oxygens (including phenoxy) is 1. The highest BCUT2D eigenvalue weighted by Crippen LogP contribution is 2.15. The number of hydrogen-bond acceptors (Lipinski definition) is 3. The first-order chi connectivity index (χ1) is 9.20. The first-order valence-electron chi connectivity index (χ1n) is 5.96. The standard InChI is InChI=1S/C15H16N2O2/c1-11-6-8-13(9-7-11)19-10-12-4-2-3-5-14(12)15(16)17-18/h2-9,18H,10H2,1H3,(H2,16,17). The van der Waals surface area contributed by atoms with Gasteiger partial charge in [-0.25, -0.2) is 0 Å². The van der Waals surface area contributed by atoms with Crippen LogP contribution in [-0.2, 0) is 6.61 Å². The van der Waals surface area contributed by atoms with E-state index in [0.717, 1.165) is 11.3 Å². The summed E-state index contributed by atoms with van der Waals surface area (Å²) in [6.45, 7) is 2.40. The molecule has 0 spiro atoms. The Labute approximate surface area is 112 Å². The maximum atomic E-state index is 8.75. The van der Waals surface area contributed by atoms with Crippen LogP contribution in [0.3, 0.4) is 0 Å². The number of aryl methyl sites for hydroxylation is 1. The van der Waals surface area contributed by atoms with Crippen molar-refractivity contribution in [3.8, 4) is 5.75 Å². The van der Waals surface area contributed by atoms with E-state index in [4.69, 9.17) is 15.7 Å². The Kier molecular flexibility index (Phi) is 4.03. The van der Waals surface area contributed by atoms with Crippen molar-refractivity contribution in [3.63, 3.8) is 0 Å². The molecule has 19 heavy (non-hydrogen) atoms. The third-order valence-electron chi connectivity index (χ3n) is 2.82. The molecule has 0 aliphatic rings. The summed E-state index contributed by atoms with van der Waals surface area (Å²) in [5.41, 5.74) is 8.36. The molecule has 0 amide bonds. The molecule has 0 radical (unpaired) electrons. The molecule has 0 saturated heterocycles. The fourth-order valence-corrected chi connectivity index (χ4v) is 1.75. The Balaban J connectivity index is 2.13. The van der Waals surface area contributed by atoms with Gasteiger partial charge in [0.25, 0.3) is 0 Å². The lowest BCUT2D eigenvalue weighted by molar-refractivity contribution is 0.305. The normalized spacial score (nSPS) is 11.3. The van der Waals surface area contributed by atoms with Gasteiger partial charge in [-0.15, -0.1) is 0 Å². The Hall–Kier alpha value is -2.49. The Morgan fingerprint density at radius 1 is 1.16 bits per heavy atom. The van der Waals surface area contributed by atoms with Crippen molar-refractivity contribution in [2.24, 2.45) is 10.9 Å². The van der Waals surface area contributed by atoms with E-state index in [1.165, 1.54) is 5.56 Å². The minimum absolute atomic E-state index is 0.0862. The number of hydrogen-bond donors (Lipinski definition) is 2. The first kappa shape index (κ1) is 13.0. The lowest BCUT2D eigenvalue weighted by Crippen LogP contribution is -2.16. The van der Waals surface area contributed by atoms with Gasteiger partial charge in [-0.3, -0.25) is 0 Å². The summed E-state index contributed by atoms with van der Waals surface area (Å²) in [6.07, 6.45) is 0. The van der Waals surface area contributed by atoms with Gasteiger partial charge in [-0.1, -0.05) is 47.1 Å². The number of benzene rings is 2. The van der Waals surface area contributed by atoms with Gasteiger partial charge in [0.2, 0.25) is 0 Å². The molecule has 0 unspecified atom stereocenters. The molecule has 4 heteroatoms. The van der Waals surface area contributed by atoms with Crippen LogP contribution in [0.5, 0.6) is 5.75 Å². The number of oxime groups is 1. The Morgan fingerprint density at radius 3 is 2.53 bits per heavy atom. The summed E-state index contributed by atoms with van der Waals surface area (Å²) in [4.78, 5) is 0. The molecule has 98 valence electrons. The average Bonchev–Trinajstić information content (AvgIpc) is 2.46. The third-order valence-corrected chi connectivity index (χ3v) is 2.82. The maximum Gasteiger partial charge on any atom is 0.170 e. The van der Waals surface area contributed by atoms with E-state index < -0.39 is 0 Å². The number of amidine groups is 1. The van der Waals surface area contributed by atoms with Crippen LogP contribution in [0.1, 0.15) is 16.7 Å². The number of nitrogens with two attached hydrogens (primary N) is 1. The molecule has 0 fully saturated rings. The van der Waals surface area contributed by atoms with Crippen LogP contribution in [0.4, 0.5) is 0 Å². The first-order valence-corrected chi connectivity index (χ1v) is 5.96. The summed E-state index contributed by atoms with van der Waals surface area (Å²) in [6, 6.07) is 15.2. The van der Waals surface area contributed by atoms with E-state index in [1.807, 2.05) is 49.4 Å². The lowest BCUT2D eigenvalue weighted by atomic mass is 10.1. The Morgan fingerprint density at radius 2 is 1.84 bits per heavy atom. The molecule has 0 heterocycles. The summed E-state index contributed by atoms with van der Waals surface area (Å²) < 4.78 is 5.69. The van der Waals surface area contributed by atoms with Gasteiger partial charge in [0, 0.05) is 11.1 Å². The molecular weight excluding hydrogens is 240 g/mol. The predicted octanol–water partition coefficient (Wildman–Crippen LogP) is 2.67. The summed E-state index contributed by atoms with van der Waals surface area (Å²) >= 11 is 0.